The van der Waals surface area contributed by atoms with Crippen molar-refractivity contribution in [3.8, 4) is 0 Å². The Morgan fingerprint density at radius 3 is 2.68 bits per heavy atom. The zero-order chi connectivity index (χ0) is 14.5. The fraction of sp³-hybridized carbons (Fsp3) is 0.455. The molecule has 8 heteroatoms. The molecule has 19 heavy (non-hydrogen) atoms. The molecule has 1 aromatic rings. The molecular weight excluding hydrogens is 290 g/mol. The van der Waals surface area contributed by atoms with Gasteiger partial charge < -0.3 is 5.32 Å². The summed E-state index contributed by atoms with van der Waals surface area (Å²) in [5.41, 5.74) is 0. The van der Waals surface area contributed by atoms with Crippen LogP contribution >= 0.6 is 11.6 Å². The predicted molar refractivity (Wildman–Crippen MR) is 72.4 cm³/mol. The Labute approximate surface area is 117 Å². The summed E-state index contributed by atoms with van der Waals surface area (Å²) in [7, 11) is -3.82. The van der Waals surface area contributed by atoms with Crippen molar-refractivity contribution in [2.75, 3.05) is 19.6 Å². The Morgan fingerprint density at radius 1 is 1.47 bits per heavy atom. The number of hydrogen-bond donors (Lipinski definition) is 1. The predicted octanol–water partition coefficient (Wildman–Crippen LogP) is 0.882. The van der Waals surface area contributed by atoms with Crippen LogP contribution in [0.15, 0.2) is 23.4 Å². The minimum Gasteiger partial charge on any atom is -0.355 e. The molecule has 0 aromatic carbocycles. The number of nitrogens with zero attached hydrogens (tertiary/aromatic N) is 2. The molecule has 0 bridgehead atoms. The van der Waals surface area contributed by atoms with Gasteiger partial charge in [-0.15, -0.1) is 0 Å². The highest BCUT2D eigenvalue weighted by Gasteiger charge is 2.27. The molecule has 1 aromatic heterocycles. The summed E-state index contributed by atoms with van der Waals surface area (Å²) >= 11 is 5.86. The van der Waals surface area contributed by atoms with Crippen molar-refractivity contribution in [2.45, 2.75) is 18.7 Å². The molecule has 1 N–H and O–H groups in total. The van der Waals surface area contributed by atoms with Crippen LogP contribution in [-0.2, 0) is 14.8 Å². The largest absolute Gasteiger partial charge is 0.355 e. The van der Waals surface area contributed by atoms with Crippen LogP contribution in [0, 0.1) is 0 Å². The highest BCUT2D eigenvalue weighted by Crippen LogP contribution is 2.22. The van der Waals surface area contributed by atoms with Gasteiger partial charge in [0, 0.05) is 25.5 Å². The van der Waals surface area contributed by atoms with Gasteiger partial charge in [-0.1, -0.05) is 18.5 Å². The first kappa shape index (κ1) is 15.9. The van der Waals surface area contributed by atoms with E-state index in [-0.39, 0.29) is 28.9 Å². The van der Waals surface area contributed by atoms with Gasteiger partial charge in [-0.3, -0.25) is 9.78 Å². The van der Waals surface area contributed by atoms with Gasteiger partial charge in [-0.05, 0) is 13.0 Å². The van der Waals surface area contributed by atoms with Gasteiger partial charge >= 0.3 is 0 Å². The Bertz CT molecular complexity index is 548. The highest BCUT2D eigenvalue weighted by atomic mass is 35.5. The number of likely N-dealkylation sites (N-methyl/N-ethyl adjacent to an activating group) is 2. The Hall–Kier alpha value is -1.18. The van der Waals surface area contributed by atoms with Crippen LogP contribution in [0.25, 0.3) is 0 Å². The van der Waals surface area contributed by atoms with E-state index in [2.05, 4.69) is 10.3 Å². The van der Waals surface area contributed by atoms with E-state index in [0.717, 1.165) is 4.31 Å². The molecular formula is C11H16ClN3O3S. The number of nitrogens with one attached hydrogen (secondary N) is 1. The smallest absolute Gasteiger partial charge is 0.246 e. The summed E-state index contributed by atoms with van der Waals surface area (Å²) in [6.45, 7) is 3.80. The molecule has 0 saturated heterocycles. The second-order valence-corrected chi connectivity index (χ2v) is 6.00. The van der Waals surface area contributed by atoms with Gasteiger partial charge in [-0.2, -0.15) is 4.31 Å². The average molecular weight is 306 g/mol. The lowest BCUT2D eigenvalue weighted by atomic mass is 10.5. The Kier molecular flexibility index (Phi) is 5.71. The first-order chi connectivity index (χ1) is 8.93. The third-order valence-corrected chi connectivity index (χ3v) is 4.79. The number of carbonyl (C=O) groups excluding carboxylic acids is 1. The van der Waals surface area contributed by atoms with Crippen LogP contribution < -0.4 is 5.32 Å². The Balaban J connectivity index is 3.03. The Morgan fingerprint density at radius 2 is 2.16 bits per heavy atom. The zero-order valence-corrected chi connectivity index (χ0v) is 12.3. The molecule has 0 aliphatic rings. The molecule has 1 rings (SSSR count). The van der Waals surface area contributed by atoms with Crippen LogP contribution in [0.4, 0.5) is 0 Å². The van der Waals surface area contributed by atoms with Crippen LogP contribution in [0.1, 0.15) is 13.8 Å². The van der Waals surface area contributed by atoms with Gasteiger partial charge in [0.15, 0.2) is 0 Å². The van der Waals surface area contributed by atoms with E-state index in [4.69, 9.17) is 11.6 Å². The lowest BCUT2D eigenvalue weighted by Gasteiger charge is -2.20. The molecule has 0 fully saturated rings. The molecule has 0 aliphatic heterocycles. The number of amides is 1. The molecule has 1 amide bonds. The number of sulfonamides is 1. The lowest BCUT2D eigenvalue weighted by molar-refractivity contribution is -0.121. The molecule has 0 atom stereocenters. The molecule has 0 radical (unpaired) electrons. The molecule has 1 heterocycles. The normalized spacial score (nSPS) is 11.6. The van der Waals surface area contributed by atoms with Crippen molar-refractivity contribution in [3.63, 3.8) is 0 Å². The van der Waals surface area contributed by atoms with Crippen LogP contribution in [-0.4, -0.2) is 43.2 Å². The van der Waals surface area contributed by atoms with Crippen molar-refractivity contribution >= 4 is 27.5 Å². The summed E-state index contributed by atoms with van der Waals surface area (Å²) in [6, 6.07) is 1.40. The number of halogens is 1. The highest BCUT2D eigenvalue weighted by molar-refractivity contribution is 7.89. The van der Waals surface area contributed by atoms with Crippen LogP contribution in [0.2, 0.25) is 5.02 Å². The van der Waals surface area contributed by atoms with Crippen molar-refractivity contribution in [1.82, 2.24) is 14.6 Å². The van der Waals surface area contributed by atoms with Crippen LogP contribution in [0.5, 0.6) is 0 Å². The number of carbonyl (C=O) groups is 1. The fourth-order valence-corrected chi connectivity index (χ4v) is 3.28. The zero-order valence-electron chi connectivity index (χ0n) is 10.8. The van der Waals surface area contributed by atoms with E-state index in [1.807, 2.05) is 0 Å². The first-order valence-electron chi connectivity index (χ1n) is 5.79. The SMILES string of the molecule is CCNC(=O)CN(CC)S(=O)(=O)c1cnccc1Cl. The summed E-state index contributed by atoms with van der Waals surface area (Å²) in [4.78, 5) is 15.2. The van der Waals surface area contributed by atoms with Crippen molar-refractivity contribution < 1.29 is 13.2 Å². The number of aromatic nitrogens is 1. The maximum atomic E-state index is 12.3. The van der Waals surface area contributed by atoms with Crippen molar-refractivity contribution in [2.24, 2.45) is 0 Å². The van der Waals surface area contributed by atoms with E-state index < -0.39 is 10.0 Å². The molecule has 106 valence electrons. The topological polar surface area (TPSA) is 79.4 Å². The maximum Gasteiger partial charge on any atom is 0.246 e. The van der Waals surface area contributed by atoms with E-state index in [1.165, 1.54) is 18.5 Å². The lowest BCUT2D eigenvalue weighted by Crippen LogP contribution is -2.40. The van der Waals surface area contributed by atoms with Crippen molar-refractivity contribution in [3.05, 3.63) is 23.5 Å². The van der Waals surface area contributed by atoms with Gasteiger partial charge in [-0.25, -0.2) is 8.42 Å². The molecule has 0 aliphatic carbocycles. The quantitative estimate of drug-likeness (QED) is 0.846. The number of rotatable bonds is 6. The van der Waals surface area contributed by atoms with E-state index >= 15 is 0 Å². The second kappa shape index (κ2) is 6.83. The van der Waals surface area contributed by atoms with E-state index in [9.17, 15) is 13.2 Å². The van der Waals surface area contributed by atoms with Crippen LogP contribution in [0.3, 0.4) is 0 Å². The first-order valence-corrected chi connectivity index (χ1v) is 7.61. The van der Waals surface area contributed by atoms with Gasteiger partial charge in [0.2, 0.25) is 15.9 Å². The third-order valence-electron chi connectivity index (χ3n) is 2.40. The molecule has 0 unspecified atom stereocenters. The number of pyridine rings is 1. The fourth-order valence-electron chi connectivity index (χ4n) is 1.47. The van der Waals surface area contributed by atoms with E-state index in [1.54, 1.807) is 13.8 Å². The molecule has 0 saturated carbocycles. The van der Waals surface area contributed by atoms with E-state index in [0.29, 0.717) is 6.54 Å². The average Bonchev–Trinajstić information content (AvgIpc) is 2.36. The maximum absolute atomic E-state index is 12.3. The van der Waals surface area contributed by atoms with Crippen molar-refractivity contribution in [1.29, 1.82) is 0 Å². The van der Waals surface area contributed by atoms with Gasteiger partial charge in [0.1, 0.15) is 4.90 Å². The summed E-state index contributed by atoms with van der Waals surface area (Å²) in [5.74, 6) is -0.354. The monoisotopic (exact) mass is 305 g/mol. The number of hydrogen-bond acceptors (Lipinski definition) is 4. The summed E-state index contributed by atoms with van der Waals surface area (Å²) < 4.78 is 25.7. The molecule has 6 nitrogen and oxygen atoms in total. The van der Waals surface area contributed by atoms with Gasteiger partial charge in [0.05, 0.1) is 11.6 Å². The van der Waals surface area contributed by atoms with Gasteiger partial charge in [0.25, 0.3) is 0 Å². The minimum absolute atomic E-state index is 0.0874. The summed E-state index contributed by atoms with van der Waals surface area (Å²) in [6.07, 6.45) is 2.58. The standard InChI is InChI=1S/C11H16ClN3O3S/c1-3-14-11(16)8-15(4-2)19(17,18)10-7-13-6-5-9(10)12/h5-7H,3-4,8H2,1-2H3,(H,14,16). The summed E-state index contributed by atoms with van der Waals surface area (Å²) in [5, 5.41) is 2.64. The second-order valence-electron chi connectivity index (χ2n) is 3.69. The third kappa shape index (κ3) is 3.89. The minimum atomic E-state index is -3.82. The molecule has 0 spiro atoms.